The number of piperazine rings is 1. The molecule has 20 heavy (non-hydrogen) atoms. The molecule has 2 heterocycles. The third-order valence-electron chi connectivity index (χ3n) is 3.56. The largest absolute Gasteiger partial charge is 0.336 e. The highest BCUT2D eigenvalue weighted by Crippen LogP contribution is 2.20. The number of nitrogens with two attached hydrogens (primary N) is 1. The van der Waals surface area contributed by atoms with E-state index in [9.17, 15) is 4.79 Å². The molecule has 0 aliphatic carbocycles. The quantitative estimate of drug-likeness (QED) is 0.647. The van der Waals surface area contributed by atoms with Crippen molar-refractivity contribution in [2.45, 2.75) is 19.9 Å². The van der Waals surface area contributed by atoms with E-state index in [0.29, 0.717) is 22.4 Å². The smallest absolute Gasteiger partial charge is 0.255 e. The van der Waals surface area contributed by atoms with Gasteiger partial charge in [-0.15, -0.1) is 0 Å². The molecule has 1 fully saturated rings. The first kappa shape index (κ1) is 15.0. The Hall–Kier alpha value is -1.37. The van der Waals surface area contributed by atoms with Crippen molar-refractivity contribution in [3.05, 3.63) is 22.8 Å². The summed E-state index contributed by atoms with van der Waals surface area (Å²) in [6, 6.07) is 2.11. The Labute approximate surface area is 123 Å². The summed E-state index contributed by atoms with van der Waals surface area (Å²) in [7, 11) is 0. The van der Waals surface area contributed by atoms with Crippen molar-refractivity contribution < 1.29 is 4.79 Å². The van der Waals surface area contributed by atoms with E-state index in [0.717, 1.165) is 26.2 Å². The molecular formula is C13H20ClN5O. The number of hydrogen-bond donors (Lipinski definition) is 2. The molecule has 110 valence electrons. The molecule has 0 saturated carbocycles. The first-order valence-corrected chi connectivity index (χ1v) is 7.06. The van der Waals surface area contributed by atoms with E-state index in [1.54, 1.807) is 6.07 Å². The van der Waals surface area contributed by atoms with Crippen molar-refractivity contribution in [1.29, 1.82) is 0 Å². The summed E-state index contributed by atoms with van der Waals surface area (Å²) in [4.78, 5) is 20.6. The van der Waals surface area contributed by atoms with Gasteiger partial charge in [0.15, 0.2) is 5.82 Å². The number of halogens is 1. The highest BCUT2D eigenvalue weighted by atomic mass is 35.5. The fourth-order valence-electron chi connectivity index (χ4n) is 2.29. The van der Waals surface area contributed by atoms with Gasteiger partial charge in [-0.2, -0.15) is 0 Å². The molecule has 3 N–H and O–H groups in total. The molecule has 0 unspecified atom stereocenters. The first-order chi connectivity index (χ1) is 9.52. The lowest BCUT2D eigenvalue weighted by molar-refractivity contribution is 0.0595. The second kappa shape index (κ2) is 6.39. The Morgan fingerprint density at radius 2 is 2.05 bits per heavy atom. The standard InChI is InChI=1S/C13H20ClN5O/c1-9(2)18-3-5-19(6-4-18)13(20)10-7-11(14)12(17-15)16-8-10/h7-9H,3-6,15H2,1-2H3,(H,16,17). The molecule has 0 spiro atoms. The van der Waals surface area contributed by atoms with Gasteiger partial charge in [0.2, 0.25) is 0 Å². The second-order valence-corrected chi connectivity index (χ2v) is 5.53. The minimum atomic E-state index is -0.0358. The van der Waals surface area contributed by atoms with Crippen molar-refractivity contribution in [2.75, 3.05) is 31.6 Å². The SMILES string of the molecule is CC(C)N1CCN(C(=O)c2cnc(NN)c(Cl)c2)CC1. The lowest BCUT2D eigenvalue weighted by Crippen LogP contribution is -2.50. The van der Waals surface area contributed by atoms with Crippen LogP contribution in [-0.4, -0.2) is 52.9 Å². The predicted octanol–water partition coefficient (Wildman–Crippen LogP) is 1.19. The van der Waals surface area contributed by atoms with Crippen molar-refractivity contribution in [3.8, 4) is 0 Å². The van der Waals surface area contributed by atoms with Gasteiger partial charge in [0, 0.05) is 38.4 Å². The zero-order chi connectivity index (χ0) is 14.7. The third kappa shape index (κ3) is 3.20. The molecule has 2 rings (SSSR count). The summed E-state index contributed by atoms with van der Waals surface area (Å²) < 4.78 is 0. The van der Waals surface area contributed by atoms with Crippen LogP contribution in [0.3, 0.4) is 0 Å². The van der Waals surface area contributed by atoms with Gasteiger partial charge < -0.3 is 10.3 Å². The number of hydrazine groups is 1. The summed E-state index contributed by atoms with van der Waals surface area (Å²) in [5, 5.41) is 0.346. The van der Waals surface area contributed by atoms with E-state index >= 15 is 0 Å². The minimum absolute atomic E-state index is 0.0358. The summed E-state index contributed by atoms with van der Waals surface area (Å²) >= 11 is 5.99. The Balaban J connectivity index is 2.04. The van der Waals surface area contributed by atoms with Gasteiger partial charge in [0.25, 0.3) is 5.91 Å². The van der Waals surface area contributed by atoms with Crippen LogP contribution >= 0.6 is 11.6 Å². The fraction of sp³-hybridized carbons (Fsp3) is 0.538. The number of aromatic nitrogens is 1. The van der Waals surface area contributed by atoms with Crippen molar-refractivity contribution >= 4 is 23.3 Å². The fourth-order valence-corrected chi connectivity index (χ4v) is 2.51. The van der Waals surface area contributed by atoms with Gasteiger partial charge in [0.05, 0.1) is 10.6 Å². The third-order valence-corrected chi connectivity index (χ3v) is 3.84. The van der Waals surface area contributed by atoms with E-state index in [1.807, 2.05) is 4.90 Å². The summed E-state index contributed by atoms with van der Waals surface area (Å²) in [5.74, 6) is 5.60. The molecule has 0 bridgehead atoms. The number of pyridine rings is 1. The zero-order valence-corrected chi connectivity index (χ0v) is 12.5. The highest BCUT2D eigenvalue weighted by molar-refractivity contribution is 6.33. The minimum Gasteiger partial charge on any atom is -0.336 e. The molecule has 0 radical (unpaired) electrons. The zero-order valence-electron chi connectivity index (χ0n) is 11.8. The predicted molar refractivity (Wildman–Crippen MR) is 79.7 cm³/mol. The Bertz CT molecular complexity index is 486. The van der Waals surface area contributed by atoms with Crippen LogP contribution in [0, 0.1) is 0 Å². The second-order valence-electron chi connectivity index (χ2n) is 5.12. The summed E-state index contributed by atoms with van der Waals surface area (Å²) in [6.45, 7) is 7.58. The maximum atomic E-state index is 12.4. The highest BCUT2D eigenvalue weighted by Gasteiger charge is 2.23. The molecule has 1 saturated heterocycles. The molecule has 1 aliphatic heterocycles. The van der Waals surface area contributed by atoms with E-state index in [4.69, 9.17) is 17.4 Å². The normalized spacial score (nSPS) is 16.6. The summed E-state index contributed by atoms with van der Waals surface area (Å²) in [5.41, 5.74) is 2.88. The van der Waals surface area contributed by atoms with E-state index in [2.05, 4.69) is 29.2 Å². The number of amides is 1. The number of rotatable bonds is 3. The number of carbonyl (C=O) groups excluding carboxylic acids is 1. The van der Waals surface area contributed by atoms with Gasteiger partial charge in [-0.1, -0.05) is 11.6 Å². The molecular weight excluding hydrogens is 278 g/mol. The molecule has 0 aromatic carbocycles. The molecule has 6 nitrogen and oxygen atoms in total. The maximum absolute atomic E-state index is 12.4. The molecule has 1 aromatic rings. The number of anilines is 1. The van der Waals surface area contributed by atoms with Gasteiger partial charge in [-0.05, 0) is 19.9 Å². The van der Waals surface area contributed by atoms with Gasteiger partial charge in [-0.3, -0.25) is 9.69 Å². The van der Waals surface area contributed by atoms with E-state index in [1.165, 1.54) is 6.20 Å². The van der Waals surface area contributed by atoms with Gasteiger partial charge >= 0.3 is 0 Å². The van der Waals surface area contributed by atoms with Crippen LogP contribution < -0.4 is 11.3 Å². The monoisotopic (exact) mass is 297 g/mol. The van der Waals surface area contributed by atoms with Crippen LogP contribution in [0.4, 0.5) is 5.82 Å². The molecule has 7 heteroatoms. The average molecular weight is 298 g/mol. The average Bonchev–Trinajstić information content (AvgIpc) is 2.46. The molecule has 1 aliphatic rings. The van der Waals surface area contributed by atoms with Crippen LogP contribution in [0.5, 0.6) is 0 Å². The number of nitrogens with zero attached hydrogens (tertiary/aromatic N) is 3. The Kier molecular flexibility index (Phi) is 4.80. The van der Waals surface area contributed by atoms with Gasteiger partial charge in [-0.25, -0.2) is 10.8 Å². The topological polar surface area (TPSA) is 74.5 Å². The van der Waals surface area contributed by atoms with Crippen LogP contribution in [0.15, 0.2) is 12.3 Å². The number of nitrogen functional groups attached to an aromatic ring is 1. The lowest BCUT2D eigenvalue weighted by atomic mass is 10.2. The van der Waals surface area contributed by atoms with Crippen LogP contribution in [-0.2, 0) is 0 Å². The van der Waals surface area contributed by atoms with Crippen molar-refractivity contribution in [2.24, 2.45) is 5.84 Å². The Morgan fingerprint density at radius 1 is 1.40 bits per heavy atom. The molecule has 1 aromatic heterocycles. The van der Waals surface area contributed by atoms with Crippen LogP contribution in [0.25, 0.3) is 0 Å². The Morgan fingerprint density at radius 3 is 2.55 bits per heavy atom. The lowest BCUT2D eigenvalue weighted by Gasteiger charge is -2.36. The van der Waals surface area contributed by atoms with E-state index < -0.39 is 0 Å². The molecule has 0 atom stereocenters. The van der Waals surface area contributed by atoms with Crippen molar-refractivity contribution in [3.63, 3.8) is 0 Å². The number of carbonyl (C=O) groups is 1. The number of hydrogen-bond acceptors (Lipinski definition) is 5. The maximum Gasteiger partial charge on any atom is 0.255 e. The first-order valence-electron chi connectivity index (χ1n) is 6.68. The summed E-state index contributed by atoms with van der Waals surface area (Å²) in [6.07, 6.45) is 1.50. The van der Waals surface area contributed by atoms with Gasteiger partial charge in [0.1, 0.15) is 0 Å². The molecule has 1 amide bonds. The van der Waals surface area contributed by atoms with Crippen LogP contribution in [0.2, 0.25) is 5.02 Å². The number of nitrogens with one attached hydrogen (secondary N) is 1. The van der Waals surface area contributed by atoms with E-state index in [-0.39, 0.29) is 5.91 Å². The van der Waals surface area contributed by atoms with Crippen LogP contribution in [0.1, 0.15) is 24.2 Å². The van der Waals surface area contributed by atoms with Crippen molar-refractivity contribution in [1.82, 2.24) is 14.8 Å².